The van der Waals surface area contributed by atoms with Crippen LogP contribution in [0.2, 0.25) is 10.0 Å². The van der Waals surface area contributed by atoms with Gasteiger partial charge in [-0.25, -0.2) is 0 Å². The molecule has 1 aromatic carbocycles. The highest BCUT2D eigenvalue weighted by molar-refractivity contribution is 6.33. The molecule has 2 heterocycles. The van der Waals surface area contributed by atoms with Crippen LogP contribution in [0.3, 0.4) is 0 Å². The molecule has 1 aliphatic rings. The average molecular weight is 338 g/mol. The Balaban J connectivity index is 2.55. The van der Waals surface area contributed by atoms with E-state index in [9.17, 15) is 14.7 Å². The van der Waals surface area contributed by atoms with E-state index < -0.39 is 22.5 Å². The Morgan fingerprint density at radius 2 is 1.91 bits per heavy atom. The number of ketones is 1. The summed E-state index contributed by atoms with van der Waals surface area (Å²) in [6.07, 6.45) is 0. The molecule has 0 amide bonds. The molecule has 2 aromatic rings. The van der Waals surface area contributed by atoms with Crippen molar-refractivity contribution in [3.8, 4) is 11.4 Å². The number of nitrogens with zero attached hydrogens (tertiary/aromatic N) is 1. The van der Waals surface area contributed by atoms with Gasteiger partial charge in [0.1, 0.15) is 10.6 Å². The van der Waals surface area contributed by atoms with Gasteiger partial charge in [0.25, 0.3) is 5.56 Å². The van der Waals surface area contributed by atoms with Crippen LogP contribution in [-0.2, 0) is 5.41 Å². The zero-order valence-corrected chi connectivity index (χ0v) is 13.7. The van der Waals surface area contributed by atoms with Crippen molar-refractivity contribution in [2.75, 3.05) is 0 Å². The van der Waals surface area contributed by atoms with E-state index >= 15 is 0 Å². The van der Waals surface area contributed by atoms with Crippen molar-refractivity contribution in [3.63, 3.8) is 0 Å². The summed E-state index contributed by atoms with van der Waals surface area (Å²) in [6.45, 7) is 5.00. The molecule has 4 nitrogen and oxygen atoms in total. The summed E-state index contributed by atoms with van der Waals surface area (Å²) >= 11 is 12.3. The molecule has 0 spiro atoms. The number of pyridine rings is 1. The van der Waals surface area contributed by atoms with Crippen molar-refractivity contribution >= 4 is 29.0 Å². The fourth-order valence-corrected chi connectivity index (χ4v) is 3.65. The Kier molecular flexibility index (Phi) is 3.17. The lowest BCUT2D eigenvalue weighted by atomic mass is 9.83. The molecule has 0 saturated heterocycles. The van der Waals surface area contributed by atoms with Crippen LogP contribution in [-0.4, -0.2) is 15.5 Å². The molecule has 22 heavy (non-hydrogen) atoms. The molecule has 0 unspecified atom stereocenters. The molecule has 3 rings (SSSR count). The first-order valence-corrected chi connectivity index (χ1v) is 7.42. The van der Waals surface area contributed by atoms with Gasteiger partial charge in [-0.2, -0.15) is 0 Å². The molecule has 1 N–H and O–H groups in total. The maximum absolute atomic E-state index is 12.7. The molecule has 0 bridgehead atoms. The van der Waals surface area contributed by atoms with E-state index in [-0.39, 0.29) is 10.6 Å². The summed E-state index contributed by atoms with van der Waals surface area (Å²) in [5, 5.41) is 10.7. The van der Waals surface area contributed by atoms with E-state index in [1.807, 2.05) is 13.8 Å². The van der Waals surface area contributed by atoms with E-state index in [1.165, 1.54) is 11.5 Å². The fraction of sp³-hybridized carbons (Fsp3) is 0.250. The van der Waals surface area contributed by atoms with Gasteiger partial charge in [0.05, 0.1) is 11.4 Å². The Hall–Kier alpha value is -1.78. The average Bonchev–Trinajstić information content (AvgIpc) is 2.64. The first kappa shape index (κ1) is 15.1. The zero-order chi connectivity index (χ0) is 16.4. The molecule has 1 aliphatic heterocycles. The van der Waals surface area contributed by atoms with E-state index in [4.69, 9.17) is 23.2 Å². The van der Waals surface area contributed by atoms with Crippen LogP contribution in [0.1, 0.15) is 42.4 Å². The Labute approximate surface area is 136 Å². The number of halogens is 2. The molecule has 114 valence electrons. The van der Waals surface area contributed by atoms with Gasteiger partial charge < -0.3 is 5.11 Å². The van der Waals surface area contributed by atoms with Crippen molar-refractivity contribution < 1.29 is 9.90 Å². The molecule has 0 atom stereocenters. The largest absolute Gasteiger partial charge is 0.505 e. The van der Waals surface area contributed by atoms with Gasteiger partial charge in [0, 0.05) is 10.4 Å². The first-order chi connectivity index (χ1) is 10.2. The normalized spacial score (nSPS) is 14.6. The third kappa shape index (κ3) is 1.77. The van der Waals surface area contributed by atoms with Crippen LogP contribution in [0.4, 0.5) is 0 Å². The molecule has 1 aromatic heterocycles. The standard InChI is InChI=1S/C16H13Cl2NO3/c1-7(20)11-13(21)12(18)14-16(2,3)9-6-8(17)4-5-10(9)19(14)15(11)22/h4-6,21H,1-3H3. The lowest BCUT2D eigenvalue weighted by Crippen LogP contribution is -2.28. The second-order valence-electron chi connectivity index (χ2n) is 5.87. The number of carbonyl (C=O) groups excluding carboxylic acids is 1. The Bertz CT molecular complexity index is 897. The lowest BCUT2D eigenvalue weighted by molar-refractivity contribution is 0.101. The first-order valence-electron chi connectivity index (χ1n) is 6.67. The van der Waals surface area contributed by atoms with E-state index in [0.29, 0.717) is 16.4 Å². The van der Waals surface area contributed by atoms with Crippen molar-refractivity contribution in [2.45, 2.75) is 26.2 Å². The number of fused-ring (bicyclic) bond motifs is 3. The highest BCUT2D eigenvalue weighted by Gasteiger charge is 2.41. The summed E-state index contributed by atoms with van der Waals surface area (Å²) in [6, 6.07) is 5.16. The van der Waals surface area contributed by atoms with Gasteiger partial charge in [-0.1, -0.05) is 37.0 Å². The number of carbonyl (C=O) groups is 1. The summed E-state index contributed by atoms with van der Waals surface area (Å²) in [5.41, 5.74) is 0.409. The van der Waals surface area contributed by atoms with Crippen LogP contribution in [0, 0.1) is 0 Å². The van der Waals surface area contributed by atoms with Gasteiger partial charge in [0.2, 0.25) is 0 Å². The molecule has 0 saturated carbocycles. The summed E-state index contributed by atoms with van der Waals surface area (Å²) < 4.78 is 1.39. The topological polar surface area (TPSA) is 59.3 Å². The second-order valence-corrected chi connectivity index (χ2v) is 6.68. The van der Waals surface area contributed by atoms with Gasteiger partial charge in [0.15, 0.2) is 11.5 Å². The van der Waals surface area contributed by atoms with Crippen LogP contribution >= 0.6 is 23.2 Å². The summed E-state index contributed by atoms with van der Waals surface area (Å²) in [4.78, 5) is 24.4. The maximum Gasteiger partial charge on any atom is 0.270 e. The predicted octanol–water partition coefficient (Wildman–Crippen LogP) is 3.69. The number of aromatic hydroxyl groups is 1. The van der Waals surface area contributed by atoms with Crippen molar-refractivity contribution in [1.82, 2.24) is 4.57 Å². The molecular weight excluding hydrogens is 325 g/mol. The number of Topliss-reactive ketones (excluding diaryl/α,β-unsaturated/α-hetero) is 1. The van der Waals surface area contributed by atoms with Crippen molar-refractivity contribution in [2.24, 2.45) is 0 Å². The quantitative estimate of drug-likeness (QED) is 0.807. The minimum absolute atomic E-state index is 0.0159. The van der Waals surface area contributed by atoms with E-state index in [0.717, 1.165) is 5.56 Å². The summed E-state index contributed by atoms with van der Waals surface area (Å²) in [7, 11) is 0. The maximum atomic E-state index is 12.7. The number of hydrogen-bond acceptors (Lipinski definition) is 3. The fourth-order valence-electron chi connectivity index (χ4n) is 3.07. The van der Waals surface area contributed by atoms with Gasteiger partial charge >= 0.3 is 0 Å². The second kappa shape index (κ2) is 4.61. The number of hydrogen-bond donors (Lipinski definition) is 1. The molecule has 0 aliphatic carbocycles. The monoisotopic (exact) mass is 337 g/mol. The van der Waals surface area contributed by atoms with Gasteiger partial charge in [-0.3, -0.25) is 14.2 Å². The zero-order valence-electron chi connectivity index (χ0n) is 12.2. The number of aromatic nitrogens is 1. The van der Waals surface area contributed by atoms with E-state index in [2.05, 4.69) is 0 Å². The minimum atomic E-state index is -0.622. The Morgan fingerprint density at radius 3 is 2.50 bits per heavy atom. The third-order valence-electron chi connectivity index (χ3n) is 4.11. The smallest absolute Gasteiger partial charge is 0.270 e. The van der Waals surface area contributed by atoms with Crippen molar-refractivity contribution in [3.05, 3.63) is 55.4 Å². The van der Waals surface area contributed by atoms with Crippen LogP contribution in [0.5, 0.6) is 5.75 Å². The summed E-state index contributed by atoms with van der Waals surface area (Å²) in [5.74, 6) is -0.989. The van der Waals surface area contributed by atoms with E-state index in [1.54, 1.807) is 18.2 Å². The lowest BCUT2D eigenvalue weighted by Gasteiger charge is -2.22. The number of rotatable bonds is 1. The molecule has 0 radical (unpaired) electrons. The molecular formula is C16H13Cl2NO3. The predicted molar refractivity (Wildman–Crippen MR) is 85.9 cm³/mol. The SMILES string of the molecule is CC(=O)c1c(O)c(Cl)c2n(c1=O)-c1ccc(Cl)cc1C2(C)C. The molecule has 0 fully saturated rings. The highest BCUT2D eigenvalue weighted by Crippen LogP contribution is 2.47. The third-order valence-corrected chi connectivity index (χ3v) is 4.70. The van der Waals surface area contributed by atoms with Crippen LogP contribution in [0.15, 0.2) is 23.0 Å². The van der Waals surface area contributed by atoms with Crippen molar-refractivity contribution in [1.29, 1.82) is 0 Å². The van der Waals surface area contributed by atoms with Crippen LogP contribution in [0.25, 0.3) is 5.69 Å². The van der Waals surface area contributed by atoms with Gasteiger partial charge in [-0.05, 0) is 30.7 Å². The molecule has 6 heteroatoms. The van der Waals surface area contributed by atoms with Crippen LogP contribution < -0.4 is 5.56 Å². The van der Waals surface area contributed by atoms with Gasteiger partial charge in [-0.15, -0.1) is 0 Å². The highest BCUT2D eigenvalue weighted by atomic mass is 35.5. The Morgan fingerprint density at radius 1 is 1.27 bits per heavy atom. The number of benzene rings is 1. The minimum Gasteiger partial charge on any atom is -0.505 e.